The number of hydrogen-bond donors (Lipinski definition) is 2. The molecule has 0 radical (unpaired) electrons. The molecular formula is C76H142N2O7P+. The van der Waals surface area contributed by atoms with Crippen LogP contribution in [0.2, 0.25) is 0 Å². The van der Waals surface area contributed by atoms with Crippen molar-refractivity contribution < 1.29 is 37.3 Å². The van der Waals surface area contributed by atoms with E-state index in [1.165, 1.54) is 218 Å². The Labute approximate surface area is 533 Å². The van der Waals surface area contributed by atoms with Crippen LogP contribution in [-0.2, 0) is 27.9 Å². The zero-order chi connectivity index (χ0) is 62.8. The maximum atomic E-state index is 13.6. The minimum absolute atomic E-state index is 0.0361. The van der Waals surface area contributed by atoms with Gasteiger partial charge in [-0.1, -0.05) is 306 Å². The number of nitrogens with zero attached hydrogens (tertiary/aromatic N) is 1. The molecule has 86 heavy (non-hydrogen) atoms. The molecule has 0 rings (SSSR count). The van der Waals surface area contributed by atoms with Crippen LogP contribution in [0, 0.1) is 0 Å². The number of phosphoric ester groups is 1. The smallest absolute Gasteiger partial charge is 0.456 e. The summed E-state index contributed by atoms with van der Waals surface area (Å²) in [4.78, 5) is 37.9. The van der Waals surface area contributed by atoms with Crippen molar-refractivity contribution in [3.05, 3.63) is 72.9 Å². The number of ether oxygens (including phenoxy) is 1. The zero-order valence-electron chi connectivity index (χ0n) is 57.6. The van der Waals surface area contributed by atoms with Crippen LogP contribution < -0.4 is 5.32 Å². The van der Waals surface area contributed by atoms with E-state index in [2.05, 4.69) is 86.8 Å². The number of hydrogen-bond acceptors (Lipinski definition) is 6. The van der Waals surface area contributed by atoms with Gasteiger partial charge in [0.15, 0.2) is 0 Å². The van der Waals surface area contributed by atoms with Crippen LogP contribution in [0.25, 0.3) is 0 Å². The van der Waals surface area contributed by atoms with Crippen molar-refractivity contribution in [1.29, 1.82) is 0 Å². The molecule has 0 fully saturated rings. The Morgan fingerprint density at radius 1 is 0.407 bits per heavy atom. The molecule has 3 unspecified atom stereocenters. The van der Waals surface area contributed by atoms with Gasteiger partial charge in [-0.25, -0.2) is 4.57 Å². The highest BCUT2D eigenvalue weighted by Crippen LogP contribution is 2.43. The summed E-state index contributed by atoms with van der Waals surface area (Å²) in [7, 11) is 1.49. The van der Waals surface area contributed by atoms with E-state index >= 15 is 0 Å². The average molecular weight is 1230 g/mol. The topological polar surface area (TPSA) is 111 Å². The van der Waals surface area contributed by atoms with Gasteiger partial charge in [0.2, 0.25) is 5.91 Å². The van der Waals surface area contributed by atoms with Gasteiger partial charge in [-0.15, -0.1) is 0 Å². The predicted molar refractivity (Wildman–Crippen MR) is 374 cm³/mol. The number of carbonyl (C=O) groups excluding carboxylic acids is 2. The Balaban J connectivity index is 5.03. The minimum Gasteiger partial charge on any atom is -0.456 e. The van der Waals surface area contributed by atoms with E-state index in [0.717, 1.165) is 96.3 Å². The van der Waals surface area contributed by atoms with Gasteiger partial charge in [-0.2, -0.15) is 0 Å². The lowest BCUT2D eigenvalue weighted by Gasteiger charge is -2.27. The fraction of sp³-hybridized carbons (Fsp3) is 0.816. The van der Waals surface area contributed by atoms with Gasteiger partial charge in [-0.3, -0.25) is 18.6 Å². The third kappa shape index (κ3) is 65.9. The third-order valence-corrected chi connectivity index (χ3v) is 17.4. The lowest BCUT2D eigenvalue weighted by atomic mass is 10.0. The Hall–Kier alpha value is -2.55. The van der Waals surface area contributed by atoms with Crippen molar-refractivity contribution in [2.24, 2.45) is 0 Å². The van der Waals surface area contributed by atoms with Crippen LogP contribution in [-0.4, -0.2) is 74.3 Å². The number of quaternary nitrogens is 1. The molecule has 0 heterocycles. The molecule has 3 atom stereocenters. The van der Waals surface area contributed by atoms with Gasteiger partial charge in [0, 0.05) is 12.8 Å². The first-order valence-corrected chi connectivity index (χ1v) is 38.3. The van der Waals surface area contributed by atoms with Crippen molar-refractivity contribution in [3.8, 4) is 0 Å². The standard InChI is InChI=1S/C76H141N2O7P/c1-7-10-13-16-19-22-25-28-30-32-34-36-37-38-39-40-41-43-44-46-48-50-53-56-59-62-65-68-75(79)77-73(72-84-86(81,82)83-71-70-78(4,5)6)74(67-64-61-58-55-52-27-24-21-18-15-12-9-3)85-76(80)69-66-63-60-57-54-51-49-47-45-42-35-33-31-29-26-23-20-17-14-11-8-2/h20,23,28-31,35,42,47,49,64,67,73-74H,7-19,21-22,24-27,32-34,36-41,43-46,48,50-63,65-66,68-72H2,1-6H3,(H-,77,79,81,82)/p+1/b23-20-,30-28+,31-29-,42-35-,49-47-,67-64-. The van der Waals surface area contributed by atoms with E-state index in [9.17, 15) is 19.0 Å². The summed E-state index contributed by atoms with van der Waals surface area (Å²) in [6, 6.07) is -0.859. The molecule has 0 aliphatic heterocycles. The number of unbranched alkanes of at least 4 members (excludes halogenated alkanes) is 41. The van der Waals surface area contributed by atoms with Gasteiger partial charge >= 0.3 is 13.8 Å². The van der Waals surface area contributed by atoms with Crippen molar-refractivity contribution in [2.45, 2.75) is 360 Å². The third-order valence-electron chi connectivity index (χ3n) is 16.4. The fourth-order valence-electron chi connectivity index (χ4n) is 10.7. The molecule has 0 aliphatic rings. The quantitative estimate of drug-likeness (QED) is 0.0205. The molecule has 9 nitrogen and oxygen atoms in total. The summed E-state index contributed by atoms with van der Waals surface area (Å²) in [5.74, 6) is -0.515. The second-order valence-electron chi connectivity index (χ2n) is 26.1. The molecule has 0 spiro atoms. The van der Waals surface area contributed by atoms with Crippen molar-refractivity contribution in [3.63, 3.8) is 0 Å². The predicted octanol–water partition coefficient (Wildman–Crippen LogP) is 23.5. The second kappa shape index (κ2) is 65.4. The van der Waals surface area contributed by atoms with Gasteiger partial charge in [-0.05, 0) is 102 Å². The number of carbonyl (C=O) groups is 2. The highest BCUT2D eigenvalue weighted by Gasteiger charge is 2.30. The number of amides is 1. The SMILES string of the molecule is CCCCC/C=C\C/C=C\C/C=C\C/C=C\CCCCCCCC(=O)OC(/C=C\CCCCCCCCCCCC)C(COP(=O)(O)OCC[N+](C)(C)C)NC(=O)CCCCCCCCCCCCCCCCCCC/C=C/CCCCCCCC. The lowest BCUT2D eigenvalue weighted by molar-refractivity contribution is -0.870. The molecule has 10 heteroatoms. The molecule has 0 aromatic heterocycles. The van der Waals surface area contributed by atoms with Crippen LogP contribution in [0.3, 0.4) is 0 Å². The number of allylic oxidation sites excluding steroid dienone is 11. The number of nitrogens with one attached hydrogen (secondary N) is 1. The van der Waals surface area contributed by atoms with Gasteiger partial charge < -0.3 is 19.4 Å². The van der Waals surface area contributed by atoms with Crippen LogP contribution >= 0.6 is 7.82 Å². The average Bonchev–Trinajstić information content (AvgIpc) is 3.69. The second-order valence-corrected chi connectivity index (χ2v) is 27.6. The maximum absolute atomic E-state index is 13.6. The Kier molecular flexibility index (Phi) is 63.5. The molecule has 0 aliphatic carbocycles. The molecule has 0 saturated heterocycles. The van der Waals surface area contributed by atoms with Crippen molar-refractivity contribution in [1.82, 2.24) is 5.32 Å². The van der Waals surface area contributed by atoms with E-state index in [1.807, 2.05) is 33.3 Å². The summed E-state index contributed by atoms with van der Waals surface area (Å²) in [6.45, 7) is 7.01. The summed E-state index contributed by atoms with van der Waals surface area (Å²) in [5, 5.41) is 3.07. The zero-order valence-corrected chi connectivity index (χ0v) is 58.5. The van der Waals surface area contributed by atoms with Crippen molar-refractivity contribution in [2.75, 3.05) is 40.9 Å². The molecule has 0 bridgehead atoms. The Morgan fingerprint density at radius 3 is 1.09 bits per heavy atom. The summed E-state index contributed by atoms with van der Waals surface area (Å²) >= 11 is 0. The monoisotopic (exact) mass is 1230 g/mol. The molecule has 1 amide bonds. The minimum atomic E-state index is -4.46. The number of likely N-dealkylation sites (N-methyl/N-ethyl adjacent to an activating group) is 1. The van der Waals surface area contributed by atoms with E-state index in [0.29, 0.717) is 17.4 Å². The normalized spacial score (nSPS) is 13.9. The molecule has 0 aromatic carbocycles. The highest BCUT2D eigenvalue weighted by molar-refractivity contribution is 7.47. The van der Waals surface area contributed by atoms with Crippen molar-refractivity contribution >= 4 is 19.7 Å². The molecule has 0 saturated carbocycles. The van der Waals surface area contributed by atoms with Gasteiger partial charge in [0.05, 0.1) is 33.8 Å². The molecule has 502 valence electrons. The van der Waals surface area contributed by atoms with Crippen LogP contribution in [0.1, 0.15) is 348 Å². The number of rotatable bonds is 67. The van der Waals surface area contributed by atoms with Crippen LogP contribution in [0.15, 0.2) is 72.9 Å². The Bertz CT molecular complexity index is 1700. The highest BCUT2D eigenvalue weighted by atomic mass is 31.2. The first-order valence-electron chi connectivity index (χ1n) is 36.8. The van der Waals surface area contributed by atoms with E-state index in [4.69, 9.17) is 13.8 Å². The molecule has 2 N–H and O–H groups in total. The number of esters is 1. The first-order chi connectivity index (χ1) is 41.9. The Morgan fingerprint density at radius 2 is 0.709 bits per heavy atom. The van der Waals surface area contributed by atoms with E-state index < -0.39 is 20.0 Å². The number of phosphoric acid groups is 1. The largest absolute Gasteiger partial charge is 0.472 e. The van der Waals surface area contributed by atoms with Crippen LogP contribution in [0.5, 0.6) is 0 Å². The van der Waals surface area contributed by atoms with Gasteiger partial charge in [0.25, 0.3) is 0 Å². The summed E-state index contributed by atoms with van der Waals surface area (Å²) < 4.78 is 30.8. The van der Waals surface area contributed by atoms with Crippen LogP contribution in [0.4, 0.5) is 0 Å². The molecule has 0 aromatic rings. The molecular weight excluding hydrogens is 1080 g/mol. The van der Waals surface area contributed by atoms with E-state index in [1.54, 1.807) is 0 Å². The van der Waals surface area contributed by atoms with Gasteiger partial charge in [0.1, 0.15) is 19.3 Å². The summed E-state index contributed by atoms with van der Waals surface area (Å²) in [5.41, 5.74) is 0. The fourth-order valence-corrected chi connectivity index (χ4v) is 11.4. The maximum Gasteiger partial charge on any atom is 0.472 e. The summed E-state index contributed by atoms with van der Waals surface area (Å²) in [6.07, 6.45) is 86.4. The van der Waals surface area contributed by atoms with E-state index in [-0.39, 0.29) is 31.5 Å². The first kappa shape index (κ1) is 83.5. The lowest BCUT2D eigenvalue weighted by Crippen LogP contribution is -2.47.